The average Bonchev–Trinajstić information content (AvgIpc) is 2.00. The summed E-state index contributed by atoms with van der Waals surface area (Å²) in [5, 5.41) is 3.11. The maximum absolute atomic E-state index is 3.11. The van der Waals surface area contributed by atoms with Crippen LogP contribution in [0.1, 0.15) is 33.6 Å². The second-order valence-electron chi connectivity index (χ2n) is 3.43. The zero-order valence-corrected chi connectivity index (χ0v) is 8.78. The molecule has 0 radical (unpaired) electrons. The van der Waals surface area contributed by atoms with E-state index in [-0.39, 0.29) is 0 Å². The number of rotatable bonds is 5. The zero-order valence-electron chi connectivity index (χ0n) is 8.78. The van der Waals surface area contributed by atoms with Gasteiger partial charge in [-0.25, -0.2) is 0 Å². The third-order valence-corrected chi connectivity index (χ3v) is 1.75. The molecule has 0 bridgehead atoms. The Morgan fingerprint density at radius 2 is 1.83 bits per heavy atom. The molecule has 70 valence electrons. The minimum absolute atomic E-state index is 0.987. The molecule has 0 fully saturated rings. The molecule has 1 nitrogen and oxygen atoms in total. The predicted octanol–water partition coefficient (Wildman–Crippen LogP) is 2.90. The molecule has 0 rings (SSSR count). The average molecular weight is 167 g/mol. The van der Waals surface area contributed by atoms with Crippen molar-refractivity contribution < 1.29 is 0 Å². The van der Waals surface area contributed by atoms with E-state index in [0.29, 0.717) is 0 Å². The van der Waals surface area contributed by atoms with Gasteiger partial charge in [-0.1, -0.05) is 23.3 Å². The Balaban J connectivity index is 3.56. The molecule has 0 atom stereocenters. The number of hydrogen-bond acceptors (Lipinski definition) is 1. The third-order valence-electron chi connectivity index (χ3n) is 1.75. The molecule has 0 heterocycles. The lowest BCUT2D eigenvalue weighted by atomic mass is 10.1. The van der Waals surface area contributed by atoms with Gasteiger partial charge in [0.2, 0.25) is 0 Å². The first-order valence-electron chi connectivity index (χ1n) is 4.60. The summed E-state index contributed by atoms with van der Waals surface area (Å²) < 4.78 is 0. The second-order valence-corrected chi connectivity index (χ2v) is 3.43. The van der Waals surface area contributed by atoms with Crippen LogP contribution < -0.4 is 5.32 Å². The lowest BCUT2D eigenvalue weighted by Gasteiger charge is -1.98. The van der Waals surface area contributed by atoms with Gasteiger partial charge in [0.1, 0.15) is 0 Å². The molecule has 0 unspecified atom stereocenters. The summed E-state index contributed by atoms with van der Waals surface area (Å²) in [7, 11) is 1.97. The van der Waals surface area contributed by atoms with Crippen LogP contribution in [0.25, 0.3) is 0 Å². The van der Waals surface area contributed by atoms with Crippen molar-refractivity contribution in [3.63, 3.8) is 0 Å². The highest BCUT2D eigenvalue weighted by Gasteiger charge is 1.87. The summed E-state index contributed by atoms with van der Waals surface area (Å²) in [6.07, 6.45) is 6.90. The number of allylic oxidation sites excluding steroid dienone is 3. The van der Waals surface area contributed by atoms with Gasteiger partial charge < -0.3 is 5.32 Å². The van der Waals surface area contributed by atoms with Crippen LogP contribution in [0.5, 0.6) is 0 Å². The molecule has 0 aromatic rings. The Hall–Kier alpha value is -0.560. The van der Waals surface area contributed by atoms with E-state index in [9.17, 15) is 0 Å². The first-order valence-corrected chi connectivity index (χ1v) is 4.60. The molecular formula is C11H21N. The first kappa shape index (κ1) is 11.4. The van der Waals surface area contributed by atoms with Crippen molar-refractivity contribution in [1.82, 2.24) is 5.32 Å². The highest BCUT2D eigenvalue weighted by atomic mass is 14.8. The SMILES string of the molecule is CNC/C=C(/C)CCC=C(C)C. The zero-order chi connectivity index (χ0) is 9.40. The summed E-state index contributed by atoms with van der Waals surface area (Å²) in [5.41, 5.74) is 2.89. The lowest BCUT2D eigenvalue weighted by Crippen LogP contribution is -2.04. The summed E-state index contributed by atoms with van der Waals surface area (Å²) in [4.78, 5) is 0. The minimum Gasteiger partial charge on any atom is -0.316 e. The molecule has 12 heavy (non-hydrogen) atoms. The van der Waals surface area contributed by atoms with E-state index >= 15 is 0 Å². The maximum atomic E-state index is 3.11. The van der Waals surface area contributed by atoms with Crippen LogP contribution in [0.2, 0.25) is 0 Å². The summed E-state index contributed by atoms with van der Waals surface area (Å²) in [6.45, 7) is 7.47. The fourth-order valence-corrected chi connectivity index (χ4v) is 0.967. The molecular weight excluding hydrogens is 146 g/mol. The topological polar surface area (TPSA) is 12.0 Å². The molecule has 0 aliphatic carbocycles. The molecule has 0 spiro atoms. The Labute approximate surface area is 76.6 Å². The molecule has 0 amide bonds. The van der Waals surface area contributed by atoms with Gasteiger partial charge in [-0.15, -0.1) is 0 Å². The van der Waals surface area contributed by atoms with Gasteiger partial charge in [-0.05, 0) is 40.7 Å². The smallest absolute Gasteiger partial charge is 0.0134 e. The van der Waals surface area contributed by atoms with Gasteiger partial charge in [0, 0.05) is 6.54 Å². The number of hydrogen-bond donors (Lipinski definition) is 1. The molecule has 0 aliphatic heterocycles. The second kappa shape index (κ2) is 7.11. The number of nitrogens with one attached hydrogen (secondary N) is 1. The van der Waals surface area contributed by atoms with E-state index in [1.165, 1.54) is 24.0 Å². The van der Waals surface area contributed by atoms with Crippen molar-refractivity contribution in [3.05, 3.63) is 23.3 Å². The minimum atomic E-state index is 0.987. The van der Waals surface area contributed by atoms with Gasteiger partial charge in [0.15, 0.2) is 0 Å². The highest BCUT2D eigenvalue weighted by molar-refractivity contribution is 5.02. The molecule has 1 heteroatoms. The van der Waals surface area contributed by atoms with Crippen molar-refractivity contribution >= 4 is 0 Å². The van der Waals surface area contributed by atoms with E-state index in [4.69, 9.17) is 0 Å². The monoisotopic (exact) mass is 167 g/mol. The molecule has 1 N–H and O–H groups in total. The van der Waals surface area contributed by atoms with Gasteiger partial charge in [0.25, 0.3) is 0 Å². The molecule has 0 saturated heterocycles. The van der Waals surface area contributed by atoms with Crippen LogP contribution in [0, 0.1) is 0 Å². The number of likely N-dealkylation sites (N-methyl/N-ethyl adjacent to an activating group) is 1. The van der Waals surface area contributed by atoms with Crippen molar-refractivity contribution in [2.45, 2.75) is 33.6 Å². The Morgan fingerprint density at radius 1 is 1.17 bits per heavy atom. The van der Waals surface area contributed by atoms with E-state index in [1.807, 2.05) is 7.05 Å². The molecule has 0 aliphatic rings. The summed E-state index contributed by atoms with van der Waals surface area (Å²) >= 11 is 0. The van der Waals surface area contributed by atoms with Crippen LogP contribution in [0.4, 0.5) is 0 Å². The van der Waals surface area contributed by atoms with Gasteiger partial charge in [0.05, 0.1) is 0 Å². The van der Waals surface area contributed by atoms with E-state index in [2.05, 4.69) is 38.2 Å². The highest BCUT2D eigenvalue weighted by Crippen LogP contribution is 2.05. The maximum Gasteiger partial charge on any atom is 0.0134 e. The van der Waals surface area contributed by atoms with Gasteiger partial charge in [-0.2, -0.15) is 0 Å². The third kappa shape index (κ3) is 7.55. The first-order chi connectivity index (χ1) is 5.66. The summed E-state index contributed by atoms with van der Waals surface area (Å²) in [5.74, 6) is 0. The Morgan fingerprint density at radius 3 is 2.33 bits per heavy atom. The van der Waals surface area contributed by atoms with Crippen molar-refractivity contribution in [2.24, 2.45) is 0 Å². The fourth-order valence-electron chi connectivity index (χ4n) is 0.967. The standard InChI is InChI=1S/C11H21N/c1-10(2)6-5-7-11(3)8-9-12-4/h6,8,12H,5,7,9H2,1-4H3/b11-8-. The Bertz CT molecular complexity index is 162. The van der Waals surface area contributed by atoms with Crippen LogP contribution in [-0.2, 0) is 0 Å². The van der Waals surface area contributed by atoms with Gasteiger partial charge >= 0.3 is 0 Å². The van der Waals surface area contributed by atoms with Crippen LogP contribution >= 0.6 is 0 Å². The molecule has 0 saturated carbocycles. The largest absolute Gasteiger partial charge is 0.316 e. The van der Waals surface area contributed by atoms with Crippen LogP contribution in [0.3, 0.4) is 0 Å². The van der Waals surface area contributed by atoms with Crippen molar-refractivity contribution in [3.8, 4) is 0 Å². The normalized spacial score (nSPS) is 11.5. The van der Waals surface area contributed by atoms with E-state index in [1.54, 1.807) is 0 Å². The van der Waals surface area contributed by atoms with Crippen LogP contribution in [0.15, 0.2) is 23.3 Å². The quantitative estimate of drug-likeness (QED) is 0.621. The van der Waals surface area contributed by atoms with Gasteiger partial charge in [-0.3, -0.25) is 0 Å². The van der Waals surface area contributed by atoms with E-state index in [0.717, 1.165) is 6.54 Å². The summed E-state index contributed by atoms with van der Waals surface area (Å²) in [6, 6.07) is 0. The predicted molar refractivity (Wildman–Crippen MR) is 56.3 cm³/mol. The van der Waals surface area contributed by atoms with Crippen molar-refractivity contribution in [1.29, 1.82) is 0 Å². The fraction of sp³-hybridized carbons (Fsp3) is 0.636. The van der Waals surface area contributed by atoms with E-state index < -0.39 is 0 Å². The molecule has 0 aromatic heterocycles. The Kier molecular flexibility index (Phi) is 6.78. The van der Waals surface area contributed by atoms with Crippen molar-refractivity contribution in [2.75, 3.05) is 13.6 Å². The molecule has 0 aromatic carbocycles. The lowest BCUT2D eigenvalue weighted by molar-refractivity contribution is 0.890. The van der Waals surface area contributed by atoms with Crippen LogP contribution in [-0.4, -0.2) is 13.6 Å².